The molecule has 380 valence electrons. The summed E-state index contributed by atoms with van der Waals surface area (Å²) in [6, 6.07) is 0.111. The van der Waals surface area contributed by atoms with Crippen LogP contribution >= 0.6 is 11.3 Å². The number of thiophene rings is 1. The van der Waals surface area contributed by atoms with Gasteiger partial charge in [-0.2, -0.15) is 11.3 Å². The summed E-state index contributed by atoms with van der Waals surface area (Å²) in [6.07, 6.45) is 14.1. The summed E-state index contributed by atoms with van der Waals surface area (Å²) in [5, 5.41) is 41.7. The molecule has 0 spiro atoms. The number of anilines is 1. The van der Waals surface area contributed by atoms with Gasteiger partial charge in [-0.15, -0.1) is 0 Å². The Hall–Kier alpha value is -3.54. The van der Waals surface area contributed by atoms with Crippen molar-refractivity contribution < 1.29 is 53.4 Å². The van der Waals surface area contributed by atoms with Crippen molar-refractivity contribution >= 4 is 40.5 Å². The SMILES string of the molecule is CO[C@@H]1C[C@H](C[C@@H](C)[C@@H]2CC[C@H](N)/C=C(\C)[C@@H](O)[C@@H](OC)C(=O)[C@H](C)C[C@H](C)/C=C/C=C/C=C(\C)C(Nc3ccsc3)CC3CCC(C)[C@@](O)(O3)C(=O)C(=O)N3CCCCC3C(=O)O2)CC[C@H]1O. The van der Waals surface area contributed by atoms with Gasteiger partial charge in [0.05, 0.1) is 18.3 Å². The van der Waals surface area contributed by atoms with E-state index < -0.39 is 77.9 Å². The van der Waals surface area contributed by atoms with Crippen molar-refractivity contribution in [1.82, 2.24) is 4.90 Å². The van der Waals surface area contributed by atoms with Crippen LogP contribution in [-0.2, 0) is 38.1 Å². The van der Waals surface area contributed by atoms with Gasteiger partial charge in [-0.25, -0.2) is 4.79 Å². The van der Waals surface area contributed by atoms with Gasteiger partial charge in [0.25, 0.3) is 11.7 Å². The van der Waals surface area contributed by atoms with E-state index in [1.54, 1.807) is 38.4 Å². The van der Waals surface area contributed by atoms with Crippen molar-refractivity contribution in [3.63, 3.8) is 0 Å². The number of Topliss-reactive ketones (excluding diaryl/α,β-unsaturated/α-hetero) is 2. The Balaban J connectivity index is 1.46. The molecule has 1 aliphatic carbocycles. The highest BCUT2D eigenvalue weighted by Gasteiger charge is 2.53. The molecular weight excluding hydrogens is 887 g/mol. The molecule has 14 nitrogen and oxygen atoms in total. The van der Waals surface area contributed by atoms with Crippen LogP contribution in [-0.4, -0.2) is 125 Å². The molecule has 4 unspecified atom stereocenters. The lowest BCUT2D eigenvalue weighted by molar-refractivity contribution is -0.263. The van der Waals surface area contributed by atoms with E-state index >= 15 is 0 Å². The monoisotopic (exact) mass is 968 g/mol. The van der Waals surface area contributed by atoms with Crippen molar-refractivity contribution in [2.45, 2.75) is 186 Å². The molecule has 4 aliphatic rings. The topological polar surface area (TPSA) is 207 Å². The number of carbonyl (C=O) groups is 4. The van der Waals surface area contributed by atoms with Gasteiger partial charge >= 0.3 is 5.97 Å². The molecule has 2 saturated heterocycles. The smallest absolute Gasteiger partial charge is 0.329 e. The van der Waals surface area contributed by atoms with E-state index in [1.165, 1.54) is 12.0 Å². The summed E-state index contributed by atoms with van der Waals surface area (Å²) < 4.78 is 23.9. The summed E-state index contributed by atoms with van der Waals surface area (Å²) in [4.78, 5) is 58.2. The molecule has 3 aliphatic heterocycles. The van der Waals surface area contributed by atoms with Crippen molar-refractivity contribution in [3.05, 3.63) is 64.4 Å². The predicted octanol–water partition coefficient (Wildman–Crippen LogP) is 7.22. The van der Waals surface area contributed by atoms with E-state index in [0.29, 0.717) is 76.2 Å². The third-order valence-corrected chi connectivity index (χ3v) is 15.6. The Labute approximate surface area is 408 Å². The second-order valence-electron chi connectivity index (χ2n) is 20.4. The maximum Gasteiger partial charge on any atom is 0.329 e. The fourth-order valence-electron chi connectivity index (χ4n) is 10.6. The molecule has 15 heteroatoms. The Kier molecular flexibility index (Phi) is 21.2. The number of hydrogen-bond acceptors (Lipinski definition) is 14. The van der Waals surface area contributed by atoms with Gasteiger partial charge < -0.3 is 50.2 Å². The number of nitrogens with two attached hydrogens (primary N) is 1. The molecule has 1 saturated carbocycles. The summed E-state index contributed by atoms with van der Waals surface area (Å²) in [5.41, 5.74) is 9.09. The predicted molar refractivity (Wildman–Crippen MR) is 264 cm³/mol. The molecule has 4 heterocycles. The largest absolute Gasteiger partial charge is 0.461 e. The number of cyclic esters (lactones) is 1. The van der Waals surface area contributed by atoms with Gasteiger partial charge in [0.15, 0.2) is 5.78 Å². The van der Waals surface area contributed by atoms with E-state index in [1.807, 2.05) is 74.9 Å². The Morgan fingerprint density at radius 2 is 1.69 bits per heavy atom. The van der Waals surface area contributed by atoms with E-state index in [4.69, 9.17) is 24.7 Å². The second kappa shape index (κ2) is 26.1. The van der Waals surface area contributed by atoms with Gasteiger partial charge in [0.2, 0.25) is 5.79 Å². The summed E-state index contributed by atoms with van der Waals surface area (Å²) in [5.74, 6) is -6.29. The first-order chi connectivity index (χ1) is 32.4. The number of esters is 1. The maximum absolute atomic E-state index is 14.4. The van der Waals surface area contributed by atoms with Crippen LogP contribution in [0.1, 0.15) is 125 Å². The zero-order chi connectivity index (χ0) is 49.7. The summed E-state index contributed by atoms with van der Waals surface area (Å²) in [6.45, 7) is 11.5. The lowest BCUT2D eigenvalue weighted by Gasteiger charge is -2.43. The number of ketones is 2. The van der Waals surface area contributed by atoms with Crippen LogP contribution in [0.4, 0.5) is 5.69 Å². The molecule has 3 fully saturated rings. The van der Waals surface area contributed by atoms with Crippen LogP contribution in [0, 0.1) is 29.6 Å². The molecule has 2 bridgehead atoms. The van der Waals surface area contributed by atoms with E-state index in [2.05, 4.69) is 5.32 Å². The number of rotatable bonds is 7. The molecule has 15 atom stereocenters. The van der Waals surface area contributed by atoms with Gasteiger partial charge in [-0.3, -0.25) is 14.4 Å². The number of fused-ring (bicyclic) bond motifs is 3. The van der Waals surface area contributed by atoms with Crippen LogP contribution in [0.2, 0.25) is 0 Å². The van der Waals surface area contributed by atoms with Gasteiger partial charge in [0.1, 0.15) is 24.4 Å². The number of nitrogens with one attached hydrogen (secondary N) is 1. The second-order valence-corrected chi connectivity index (χ2v) is 21.1. The van der Waals surface area contributed by atoms with Gasteiger partial charge in [-0.05, 0) is 132 Å². The molecule has 6 N–H and O–H groups in total. The molecular formula is C53H81N3O11S. The molecule has 0 aromatic carbocycles. The number of aliphatic hydroxyl groups is 3. The van der Waals surface area contributed by atoms with E-state index in [9.17, 15) is 34.5 Å². The third-order valence-electron chi connectivity index (χ3n) is 15.0. The Morgan fingerprint density at radius 1 is 0.926 bits per heavy atom. The molecule has 1 amide bonds. The number of aliphatic hydroxyl groups excluding tert-OH is 2. The van der Waals surface area contributed by atoms with Crippen molar-refractivity contribution in [2.75, 3.05) is 26.1 Å². The van der Waals surface area contributed by atoms with Crippen LogP contribution in [0.15, 0.2) is 64.4 Å². The first-order valence-corrected chi connectivity index (χ1v) is 26.0. The molecule has 68 heavy (non-hydrogen) atoms. The van der Waals surface area contributed by atoms with Crippen molar-refractivity contribution in [3.8, 4) is 0 Å². The number of carbonyl (C=O) groups excluding carboxylic acids is 4. The Morgan fingerprint density at radius 3 is 2.40 bits per heavy atom. The average Bonchev–Trinajstić information content (AvgIpc) is 3.84. The fourth-order valence-corrected chi connectivity index (χ4v) is 11.2. The van der Waals surface area contributed by atoms with Crippen molar-refractivity contribution in [2.24, 2.45) is 35.3 Å². The van der Waals surface area contributed by atoms with Crippen LogP contribution < -0.4 is 11.1 Å². The number of allylic oxidation sites excluding steroid dienone is 5. The standard InChI is InChI=1S/C53H81N3O11S/c1-32-14-10-9-11-15-33(2)42(55-40-23-25-68-31-40)30-41-20-17-37(6)53(63,67-41)50(60)51(61)56-24-13-12-16-43(56)52(62)66-45(34(3)27-38-18-21-44(57)46(29-38)64-7)22-19-39(54)28-36(5)48(59)49(65-8)47(58)35(4)26-32/h9-11,14-15,23,25,28,31-32,34-35,37-39,41-46,48-49,55,57,59,63H,12-13,16-22,24,26-27,29-30,54H2,1-8H3/b11-9+,14-10+,33-15+,36-28+/t32-,34-,35-,37?,38+,39+,41?,42?,43?,44-,45+,46-,48-,49+,53-/m1/s1. The molecule has 1 aromatic rings. The normalized spacial score (nSPS) is 39.1. The van der Waals surface area contributed by atoms with E-state index in [0.717, 1.165) is 17.7 Å². The summed E-state index contributed by atoms with van der Waals surface area (Å²) in [7, 11) is 3.02. The number of ether oxygens (including phenoxy) is 4. The minimum Gasteiger partial charge on any atom is -0.461 e. The van der Waals surface area contributed by atoms with Crippen LogP contribution in [0.3, 0.4) is 0 Å². The maximum atomic E-state index is 14.4. The molecule has 0 radical (unpaired) electrons. The number of methoxy groups -OCH3 is 2. The summed E-state index contributed by atoms with van der Waals surface area (Å²) >= 11 is 1.56. The highest BCUT2D eigenvalue weighted by atomic mass is 32.1. The number of hydrogen-bond donors (Lipinski definition) is 5. The minimum atomic E-state index is -2.40. The number of amides is 1. The van der Waals surface area contributed by atoms with E-state index in [-0.39, 0.29) is 48.6 Å². The third kappa shape index (κ3) is 14.8. The van der Waals surface area contributed by atoms with Gasteiger partial charge in [-0.1, -0.05) is 69.7 Å². The zero-order valence-corrected chi connectivity index (χ0v) is 42.5. The zero-order valence-electron chi connectivity index (χ0n) is 41.7. The van der Waals surface area contributed by atoms with Crippen molar-refractivity contribution in [1.29, 1.82) is 0 Å². The molecule has 1 aromatic heterocycles. The lowest BCUT2D eigenvalue weighted by atomic mass is 9.78. The highest BCUT2D eigenvalue weighted by molar-refractivity contribution is 7.08. The fraction of sp³-hybridized carbons (Fsp3) is 0.698. The minimum absolute atomic E-state index is 0.0444. The molecule has 5 rings (SSSR count). The number of piperidine rings is 1. The first kappa shape index (κ1) is 55.4. The Bertz CT molecular complexity index is 1940. The van der Waals surface area contributed by atoms with Gasteiger partial charge in [0, 0.05) is 55.8 Å². The average molecular weight is 968 g/mol. The highest BCUT2D eigenvalue weighted by Crippen LogP contribution is 2.38. The first-order valence-electron chi connectivity index (χ1n) is 25.0. The number of nitrogens with zero attached hydrogens (tertiary/aromatic N) is 1. The lowest BCUT2D eigenvalue weighted by Crippen LogP contribution is -2.61. The quantitative estimate of drug-likeness (QED) is 0.104. The van der Waals surface area contributed by atoms with Crippen LogP contribution in [0.5, 0.6) is 0 Å². The van der Waals surface area contributed by atoms with Crippen LogP contribution in [0.25, 0.3) is 0 Å².